The second-order valence-electron chi connectivity index (χ2n) is 6.01. The van der Waals surface area contributed by atoms with Crippen molar-refractivity contribution in [3.05, 3.63) is 23.8 Å². The molecule has 0 radical (unpaired) electrons. The molecule has 5 nitrogen and oxygen atoms in total. The van der Waals surface area contributed by atoms with Crippen molar-refractivity contribution in [3.63, 3.8) is 0 Å². The molecule has 0 spiro atoms. The van der Waals surface area contributed by atoms with Gasteiger partial charge in [-0.3, -0.25) is 9.59 Å². The van der Waals surface area contributed by atoms with Crippen LogP contribution in [0.4, 0.5) is 11.4 Å². The van der Waals surface area contributed by atoms with Crippen LogP contribution >= 0.6 is 0 Å². The van der Waals surface area contributed by atoms with Crippen molar-refractivity contribution >= 4 is 23.2 Å². The summed E-state index contributed by atoms with van der Waals surface area (Å²) in [6.45, 7) is 8.94. The van der Waals surface area contributed by atoms with Gasteiger partial charge in [0.2, 0.25) is 11.8 Å². The van der Waals surface area contributed by atoms with E-state index in [1.807, 2.05) is 13.0 Å². The third-order valence-corrected chi connectivity index (χ3v) is 2.94. The molecule has 1 rings (SSSR count). The predicted molar refractivity (Wildman–Crippen MR) is 81.3 cm³/mol. The minimum atomic E-state index is -0.609. The Balaban J connectivity index is 2.71. The van der Waals surface area contributed by atoms with E-state index < -0.39 is 11.5 Å². The number of nitrogen functional groups attached to an aromatic ring is 1. The van der Waals surface area contributed by atoms with E-state index in [9.17, 15) is 9.59 Å². The minimum Gasteiger partial charge on any atom is -0.399 e. The molecule has 0 aliphatic rings. The summed E-state index contributed by atoms with van der Waals surface area (Å²) in [5, 5.41) is 5.47. The standard InChI is InChI=1S/C15H23N3O2/c1-9-6-7-11(16)8-12(9)18-13(19)10(2)17-14(20)15(3,4)5/h6-8,10H,16H2,1-5H3,(H,17,20)(H,18,19). The lowest BCUT2D eigenvalue weighted by Crippen LogP contribution is -2.46. The number of carbonyl (C=O) groups is 2. The summed E-state index contributed by atoms with van der Waals surface area (Å²) in [6, 6.07) is 4.70. The maximum Gasteiger partial charge on any atom is 0.246 e. The fourth-order valence-corrected chi connectivity index (χ4v) is 1.49. The zero-order valence-corrected chi connectivity index (χ0v) is 12.7. The van der Waals surface area contributed by atoms with Gasteiger partial charge in [-0.05, 0) is 31.5 Å². The summed E-state index contributed by atoms with van der Waals surface area (Å²) in [5.41, 5.74) is 7.33. The molecule has 1 unspecified atom stereocenters. The highest BCUT2D eigenvalue weighted by atomic mass is 16.2. The van der Waals surface area contributed by atoms with Crippen molar-refractivity contribution in [2.45, 2.75) is 40.7 Å². The SMILES string of the molecule is Cc1ccc(N)cc1NC(=O)C(C)NC(=O)C(C)(C)C. The van der Waals surface area contributed by atoms with Crippen LogP contribution in [0, 0.1) is 12.3 Å². The molecule has 0 heterocycles. The minimum absolute atomic E-state index is 0.163. The molecule has 20 heavy (non-hydrogen) atoms. The van der Waals surface area contributed by atoms with Gasteiger partial charge in [-0.1, -0.05) is 26.8 Å². The number of carbonyl (C=O) groups excluding carboxylic acids is 2. The molecule has 0 aromatic heterocycles. The molecule has 5 heteroatoms. The van der Waals surface area contributed by atoms with Crippen molar-refractivity contribution < 1.29 is 9.59 Å². The third kappa shape index (κ3) is 4.26. The Morgan fingerprint density at radius 1 is 1.25 bits per heavy atom. The van der Waals surface area contributed by atoms with Crippen LogP contribution < -0.4 is 16.4 Å². The van der Waals surface area contributed by atoms with Crippen LogP contribution in [0.5, 0.6) is 0 Å². The van der Waals surface area contributed by atoms with Crippen molar-refractivity contribution in [1.82, 2.24) is 5.32 Å². The van der Waals surface area contributed by atoms with Gasteiger partial charge in [0.05, 0.1) is 0 Å². The molecule has 0 fully saturated rings. The van der Waals surface area contributed by atoms with Crippen molar-refractivity contribution in [1.29, 1.82) is 0 Å². The Morgan fingerprint density at radius 2 is 1.85 bits per heavy atom. The highest BCUT2D eigenvalue weighted by molar-refractivity contribution is 5.98. The van der Waals surface area contributed by atoms with Crippen molar-refractivity contribution in [2.24, 2.45) is 5.41 Å². The van der Waals surface area contributed by atoms with Crippen LogP contribution in [0.3, 0.4) is 0 Å². The van der Waals surface area contributed by atoms with Gasteiger partial charge in [-0.2, -0.15) is 0 Å². The molecule has 1 aromatic carbocycles. The van der Waals surface area contributed by atoms with Crippen molar-refractivity contribution in [2.75, 3.05) is 11.1 Å². The fraction of sp³-hybridized carbons (Fsp3) is 0.467. The van der Waals surface area contributed by atoms with Gasteiger partial charge in [0.25, 0.3) is 0 Å². The molecule has 0 aliphatic carbocycles. The Hall–Kier alpha value is -2.04. The lowest BCUT2D eigenvalue weighted by molar-refractivity contribution is -0.131. The first-order valence-electron chi connectivity index (χ1n) is 6.59. The van der Waals surface area contributed by atoms with Gasteiger partial charge in [0.15, 0.2) is 0 Å². The molecule has 4 N–H and O–H groups in total. The smallest absolute Gasteiger partial charge is 0.246 e. The number of rotatable bonds is 3. The molecular formula is C15H23N3O2. The summed E-state index contributed by atoms with van der Waals surface area (Å²) in [6.07, 6.45) is 0. The summed E-state index contributed by atoms with van der Waals surface area (Å²) in [7, 11) is 0. The van der Waals surface area contributed by atoms with Gasteiger partial charge in [-0.25, -0.2) is 0 Å². The summed E-state index contributed by atoms with van der Waals surface area (Å²) in [5.74, 6) is -0.430. The normalized spacial score (nSPS) is 12.7. The monoisotopic (exact) mass is 277 g/mol. The molecule has 0 saturated heterocycles. The first-order valence-corrected chi connectivity index (χ1v) is 6.59. The summed E-state index contributed by atoms with van der Waals surface area (Å²) in [4.78, 5) is 23.9. The van der Waals surface area contributed by atoms with E-state index >= 15 is 0 Å². The van der Waals surface area contributed by atoms with Crippen LogP contribution in [0.2, 0.25) is 0 Å². The Kier molecular flexibility index (Phi) is 4.76. The number of hydrogen-bond acceptors (Lipinski definition) is 3. The Bertz CT molecular complexity index is 518. The van der Waals surface area contributed by atoms with Gasteiger partial charge in [0, 0.05) is 16.8 Å². The Morgan fingerprint density at radius 3 is 2.40 bits per heavy atom. The van der Waals surface area contributed by atoms with Crippen LogP contribution in [-0.4, -0.2) is 17.9 Å². The molecule has 1 aromatic rings. The first kappa shape index (κ1) is 16.0. The van der Waals surface area contributed by atoms with Gasteiger partial charge < -0.3 is 16.4 Å². The lowest BCUT2D eigenvalue weighted by atomic mass is 9.95. The van der Waals surface area contributed by atoms with Crippen LogP contribution in [0.15, 0.2) is 18.2 Å². The lowest BCUT2D eigenvalue weighted by Gasteiger charge is -2.21. The molecule has 1 atom stereocenters. The summed E-state index contributed by atoms with van der Waals surface area (Å²) >= 11 is 0. The molecule has 0 aliphatic heterocycles. The number of nitrogens with one attached hydrogen (secondary N) is 2. The average Bonchev–Trinajstić information content (AvgIpc) is 2.32. The number of nitrogens with two attached hydrogens (primary N) is 1. The molecule has 110 valence electrons. The van der Waals surface area contributed by atoms with E-state index in [0.29, 0.717) is 11.4 Å². The topological polar surface area (TPSA) is 84.2 Å². The highest BCUT2D eigenvalue weighted by Crippen LogP contribution is 2.18. The van der Waals surface area contributed by atoms with E-state index in [1.165, 1.54) is 0 Å². The van der Waals surface area contributed by atoms with E-state index in [2.05, 4.69) is 10.6 Å². The number of benzene rings is 1. The van der Waals surface area contributed by atoms with E-state index in [1.54, 1.807) is 39.8 Å². The number of amides is 2. The maximum atomic E-state index is 12.1. The van der Waals surface area contributed by atoms with Crippen LogP contribution in [0.1, 0.15) is 33.3 Å². The fourth-order valence-electron chi connectivity index (χ4n) is 1.49. The number of anilines is 2. The average molecular weight is 277 g/mol. The largest absolute Gasteiger partial charge is 0.399 e. The summed E-state index contributed by atoms with van der Waals surface area (Å²) < 4.78 is 0. The second-order valence-corrected chi connectivity index (χ2v) is 6.01. The maximum absolute atomic E-state index is 12.1. The van der Waals surface area contributed by atoms with Crippen LogP contribution in [0.25, 0.3) is 0 Å². The molecular weight excluding hydrogens is 254 g/mol. The molecule has 0 saturated carbocycles. The quantitative estimate of drug-likeness (QED) is 0.739. The van der Waals surface area contributed by atoms with E-state index in [0.717, 1.165) is 5.56 Å². The van der Waals surface area contributed by atoms with E-state index in [-0.39, 0.29) is 11.8 Å². The molecule has 2 amide bonds. The predicted octanol–water partition coefficient (Wildman–Crippen LogP) is 2.07. The van der Waals surface area contributed by atoms with Gasteiger partial charge in [-0.15, -0.1) is 0 Å². The second kappa shape index (κ2) is 5.94. The zero-order chi connectivity index (χ0) is 15.5. The van der Waals surface area contributed by atoms with Crippen LogP contribution in [-0.2, 0) is 9.59 Å². The highest BCUT2D eigenvalue weighted by Gasteiger charge is 2.25. The van der Waals surface area contributed by atoms with E-state index in [4.69, 9.17) is 5.73 Å². The zero-order valence-electron chi connectivity index (χ0n) is 12.7. The van der Waals surface area contributed by atoms with Crippen molar-refractivity contribution in [3.8, 4) is 0 Å². The third-order valence-electron chi connectivity index (χ3n) is 2.94. The number of hydrogen-bond donors (Lipinski definition) is 3. The molecule has 0 bridgehead atoms. The van der Waals surface area contributed by atoms with Gasteiger partial charge in [0.1, 0.15) is 6.04 Å². The first-order chi connectivity index (χ1) is 9.11. The van der Waals surface area contributed by atoms with Gasteiger partial charge >= 0.3 is 0 Å². The Labute approximate surface area is 119 Å². The number of aryl methyl sites for hydroxylation is 1.